The van der Waals surface area contributed by atoms with Crippen molar-refractivity contribution in [3.63, 3.8) is 0 Å². The molecule has 1 aromatic rings. The van der Waals surface area contributed by atoms with Crippen LogP contribution in [0.25, 0.3) is 0 Å². The maximum Gasteiger partial charge on any atom is 0.243 e. The molecule has 5 nitrogen and oxygen atoms in total. The topological polar surface area (TPSA) is 72.6 Å². The van der Waals surface area contributed by atoms with Crippen LogP contribution in [0.3, 0.4) is 0 Å². The van der Waals surface area contributed by atoms with E-state index in [4.69, 9.17) is 10.5 Å². The molecule has 2 aliphatic rings. The Morgan fingerprint density at radius 2 is 2.00 bits per heavy atom. The fourth-order valence-electron chi connectivity index (χ4n) is 3.25. The molecular weight excluding hydrogens is 336 g/mol. The van der Waals surface area contributed by atoms with Crippen LogP contribution in [-0.4, -0.2) is 38.0 Å². The van der Waals surface area contributed by atoms with Crippen molar-refractivity contribution >= 4 is 22.4 Å². The number of ether oxygens (including phenoxy) is 1. The molecule has 0 amide bonds. The molecule has 130 valence electrons. The fraction of sp³-hybridized carbons (Fsp3) is 0.625. The Bertz CT molecular complexity index is 705. The predicted molar refractivity (Wildman–Crippen MR) is 92.6 cm³/mol. The number of rotatable bonds is 3. The van der Waals surface area contributed by atoms with Gasteiger partial charge >= 0.3 is 0 Å². The largest absolute Gasteiger partial charge is 0.487 e. The van der Waals surface area contributed by atoms with Gasteiger partial charge in [-0.1, -0.05) is 6.92 Å². The minimum Gasteiger partial charge on any atom is -0.487 e. The van der Waals surface area contributed by atoms with E-state index in [1.165, 1.54) is 0 Å². The van der Waals surface area contributed by atoms with Gasteiger partial charge in [-0.25, -0.2) is 8.42 Å². The number of fused-ring (bicyclic) bond motifs is 1. The van der Waals surface area contributed by atoms with Gasteiger partial charge in [0.05, 0.1) is 4.90 Å². The maximum absolute atomic E-state index is 12.8. The zero-order valence-corrected chi connectivity index (χ0v) is 15.5. The van der Waals surface area contributed by atoms with Gasteiger partial charge in [-0.2, -0.15) is 4.31 Å². The van der Waals surface area contributed by atoms with Crippen molar-refractivity contribution in [3.05, 3.63) is 23.8 Å². The zero-order valence-electron chi connectivity index (χ0n) is 13.8. The van der Waals surface area contributed by atoms with E-state index in [9.17, 15) is 8.42 Å². The lowest BCUT2D eigenvalue weighted by Gasteiger charge is -2.22. The molecule has 1 unspecified atom stereocenters. The van der Waals surface area contributed by atoms with Gasteiger partial charge < -0.3 is 10.5 Å². The van der Waals surface area contributed by atoms with Crippen molar-refractivity contribution in [2.45, 2.75) is 44.1 Å². The average molecular weight is 361 g/mol. The van der Waals surface area contributed by atoms with Crippen molar-refractivity contribution in [3.8, 4) is 5.75 Å². The second-order valence-electron chi connectivity index (χ2n) is 7.41. The first-order valence-corrected chi connectivity index (χ1v) is 9.11. The van der Waals surface area contributed by atoms with Gasteiger partial charge in [0, 0.05) is 19.5 Å². The highest BCUT2D eigenvalue weighted by atomic mass is 35.5. The molecule has 0 saturated carbocycles. The molecule has 1 fully saturated rings. The van der Waals surface area contributed by atoms with Crippen molar-refractivity contribution in [1.82, 2.24) is 4.31 Å². The summed E-state index contributed by atoms with van der Waals surface area (Å²) in [6.45, 7) is 7.59. The minimum absolute atomic E-state index is 0. The van der Waals surface area contributed by atoms with Gasteiger partial charge in [0.1, 0.15) is 11.4 Å². The Morgan fingerprint density at radius 3 is 2.61 bits per heavy atom. The highest BCUT2D eigenvalue weighted by molar-refractivity contribution is 7.89. The van der Waals surface area contributed by atoms with E-state index in [1.807, 2.05) is 20.8 Å². The van der Waals surface area contributed by atoms with Crippen molar-refractivity contribution in [1.29, 1.82) is 0 Å². The number of nitrogens with zero attached hydrogens (tertiary/aromatic N) is 1. The number of hydrogen-bond donors (Lipinski definition) is 1. The van der Waals surface area contributed by atoms with Gasteiger partial charge in [-0.3, -0.25) is 0 Å². The standard InChI is InChI=1S/C16H24N2O3S.ClH/c1-15(2)9-12-8-13(4-5-14(12)21-15)22(19,20)18-7-6-16(3,10-17)11-18;/h4-5,8H,6-7,9-11,17H2,1-3H3;1H. The SMILES string of the molecule is CC1(CN)CCN(S(=O)(=O)c2ccc3c(c2)CC(C)(C)O3)C1.Cl. The summed E-state index contributed by atoms with van der Waals surface area (Å²) in [5, 5.41) is 0. The molecule has 1 aromatic carbocycles. The van der Waals surface area contributed by atoms with Crippen molar-refractivity contribution in [2.75, 3.05) is 19.6 Å². The molecule has 2 heterocycles. The van der Waals surface area contributed by atoms with Gasteiger partial charge in [-0.15, -0.1) is 12.4 Å². The van der Waals surface area contributed by atoms with E-state index in [0.717, 1.165) is 24.2 Å². The first-order valence-electron chi connectivity index (χ1n) is 7.67. The van der Waals surface area contributed by atoms with E-state index in [-0.39, 0.29) is 23.4 Å². The fourth-order valence-corrected chi connectivity index (χ4v) is 4.89. The molecular formula is C16H25ClN2O3S. The number of nitrogens with two attached hydrogens (primary N) is 1. The Labute approximate surface area is 144 Å². The first kappa shape index (κ1) is 18.5. The summed E-state index contributed by atoms with van der Waals surface area (Å²) in [4.78, 5) is 0.355. The van der Waals surface area contributed by atoms with Gasteiger partial charge in [0.25, 0.3) is 0 Å². The summed E-state index contributed by atoms with van der Waals surface area (Å²) in [5.74, 6) is 0.789. The normalized spacial score (nSPS) is 26.4. The monoisotopic (exact) mass is 360 g/mol. The summed E-state index contributed by atoms with van der Waals surface area (Å²) < 4.78 is 33.1. The van der Waals surface area contributed by atoms with Gasteiger partial charge in [-0.05, 0) is 56.0 Å². The van der Waals surface area contributed by atoms with Crippen LogP contribution >= 0.6 is 12.4 Å². The highest BCUT2D eigenvalue weighted by Crippen LogP contribution is 2.38. The van der Waals surface area contributed by atoms with Gasteiger partial charge in [0.2, 0.25) is 10.0 Å². The van der Waals surface area contributed by atoms with Crippen LogP contribution < -0.4 is 10.5 Å². The van der Waals surface area contributed by atoms with Gasteiger partial charge in [0.15, 0.2) is 0 Å². The molecule has 2 aliphatic heterocycles. The average Bonchev–Trinajstić information content (AvgIpc) is 2.97. The lowest BCUT2D eigenvalue weighted by Crippen LogP contribution is -2.34. The highest BCUT2D eigenvalue weighted by Gasteiger charge is 2.39. The van der Waals surface area contributed by atoms with Crippen molar-refractivity contribution in [2.24, 2.45) is 11.1 Å². The third kappa shape index (κ3) is 3.36. The summed E-state index contributed by atoms with van der Waals surface area (Å²) in [5.41, 5.74) is 6.36. The van der Waals surface area contributed by atoms with Crippen LogP contribution in [0.15, 0.2) is 23.1 Å². The Morgan fingerprint density at radius 1 is 1.30 bits per heavy atom. The molecule has 0 aliphatic carbocycles. The van der Waals surface area contributed by atoms with E-state index in [0.29, 0.717) is 24.5 Å². The van der Waals surface area contributed by atoms with E-state index < -0.39 is 10.0 Å². The summed E-state index contributed by atoms with van der Waals surface area (Å²) in [7, 11) is -3.46. The number of hydrogen-bond acceptors (Lipinski definition) is 4. The molecule has 1 saturated heterocycles. The molecule has 0 aromatic heterocycles. The molecule has 0 radical (unpaired) electrons. The van der Waals surface area contributed by atoms with Crippen LogP contribution in [0.1, 0.15) is 32.8 Å². The molecule has 0 spiro atoms. The lowest BCUT2D eigenvalue weighted by atomic mass is 9.90. The lowest BCUT2D eigenvalue weighted by molar-refractivity contribution is 0.138. The number of halogens is 1. The Hall–Kier alpha value is -0.820. The van der Waals surface area contributed by atoms with Crippen LogP contribution in [0, 0.1) is 5.41 Å². The van der Waals surface area contributed by atoms with Crippen LogP contribution in [-0.2, 0) is 16.4 Å². The van der Waals surface area contributed by atoms with E-state index in [2.05, 4.69) is 0 Å². The maximum atomic E-state index is 12.8. The minimum atomic E-state index is -3.46. The summed E-state index contributed by atoms with van der Waals surface area (Å²) >= 11 is 0. The third-order valence-corrected chi connectivity index (χ3v) is 6.53. The number of benzene rings is 1. The molecule has 2 N–H and O–H groups in total. The first-order chi connectivity index (χ1) is 10.2. The van der Waals surface area contributed by atoms with Crippen LogP contribution in [0.4, 0.5) is 0 Å². The second kappa shape index (κ2) is 5.92. The third-order valence-electron chi connectivity index (χ3n) is 4.69. The van der Waals surface area contributed by atoms with Crippen molar-refractivity contribution < 1.29 is 13.2 Å². The van der Waals surface area contributed by atoms with E-state index in [1.54, 1.807) is 22.5 Å². The molecule has 3 rings (SSSR count). The second-order valence-corrected chi connectivity index (χ2v) is 9.35. The predicted octanol–water partition coefficient (Wildman–Crippen LogP) is 2.18. The van der Waals surface area contributed by atoms with Crippen LogP contribution in [0.2, 0.25) is 0 Å². The summed E-state index contributed by atoms with van der Waals surface area (Å²) in [6.07, 6.45) is 1.54. The molecule has 1 atom stereocenters. The Balaban J connectivity index is 0.00000192. The zero-order chi connectivity index (χ0) is 16.2. The Kier molecular flexibility index (Phi) is 4.76. The van der Waals surface area contributed by atoms with Crippen LogP contribution in [0.5, 0.6) is 5.75 Å². The summed E-state index contributed by atoms with van der Waals surface area (Å²) in [6, 6.07) is 5.18. The number of sulfonamides is 1. The molecule has 23 heavy (non-hydrogen) atoms. The van der Waals surface area contributed by atoms with E-state index >= 15 is 0 Å². The quantitative estimate of drug-likeness (QED) is 0.896. The molecule has 0 bridgehead atoms. The smallest absolute Gasteiger partial charge is 0.243 e. The molecule has 7 heteroatoms.